The summed E-state index contributed by atoms with van der Waals surface area (Å²) in [5.74, 6) is 0.934. The minimum atomic E-state index is -0.00191. The number of ether oxygens (including phenoxy) is 1. The molecule has 3 nitrogen and oxygen atoms in total. The molecule has 78 valence electrons. The van der Waals surface area contributed by atoms with E-state index >= 15 is 0 Å². The number of phenolic OH excluding ortho intramolecular Hbond substituents is 1. The molecule has 0 saturated heterocycles. The lowest BCUT2D eigenvalue weighted by atomic mass is 10.1. The fourth-order valence-electron chi connectivity index (χ4n) is 1.47. The van der Waals surface area contributed by atoms with Gasteiger partial charge in [-0.1, -0.05) is 12.1 Å². The van der Waals surface area contributed by atoms with Crippen LogP contribution in [0, 0.1) is 0 Å². The molecule has 0 fully saturated rings. The second-order valence-electron chi connectivity index (χ2n) is 3.27. The monoisotopic (exact) mass is 204 g/mol. The number of hydrogen-bond donors (Lipinski definition) is 2. The van der Waals surface area contributed by atoms with E-state index in [1.807, 2.05) is 24.3 Å². The van der Waals surface area contributed by atoms with Crippen molar-refractivity contribution in [2.75, 3.05) is 13.2 Å². The van der Waals surface area contributed by atoms with Gasteiger partial charge in [0, 0.05) is 0 Å². The van der Waals surface area contributed by atoms with E-state index in [9.17, 15) is 5.11 Å². The summed E-state index contributed by atoms with van der Waals surface area (Å²) < 4.78 is 5.27. The van der Waals surface area contributed by atoms with E-state index in [1.165, 1.54) is 0 Å². The van der Waals surface area contributed by atoms with Gasteiger partial charge in [-0.25, -0.2) is 0 Å². The van der Waals surface area contributed by atoms with Crippen molar-refractivity contribution >= 4 is 10.8 Å². The van der Waals surface area contributed by atoms with Gasteiger partial charge in [-0.3, -0.25) is 0 Å². The predicted molar refractivity (Wildman–Crippen MR) is 58.2 cm³/mol. The van der Waals surface area contributed by atoms with Crippen LogP contribution in [0.15, 0.2) is 36.4 Å². The maximum absolute atomic E-state index is 9.32. The third kappa shape index (κ3) is 2.19. The smallest absolute Gasteiger partial charge is 0.120 e. The molecule has 0 spiro atoms. The van der Waals surface area contributed by atoms with Crippen LogP contribution in [0.25, 0.3) is 10.8 Å². The Balaban J connectivity index is 2.36. The van der Waals surface area contributed by atoms with Crippen LogP contribution in [0.2, 0.25) is 0 Å². The molecular weight excluding hydrogens is 192 g/mol. The molecular formula is C12H12O3. The lowest BCUT2D eigenvalue weighted by Gasteiger charge is -2.05. The summed E-state index contributed by atoms with van der Waals surface area (Å²) in [6, 6.07) is 10.8. The topological polar surface area (TPSA) is 49.7 Å². The van der Waals surface area contributed by atoms with Crippen LogP contribution in [-0.4, -0.2) is 23.4 Å². The largest absolute Gasteiger partial charge is 0.508 e. The van der Waals surface area contributed by atoms with Gasteiger partial charge in [0.2, 0.25) is 0 Å². The predicted octanol–water partition coefficient (Wildman–Crippen LogP) is 1.92. The minimum absolute atomic E-state index is 0.00191. The molecule has 15 heavy (non-hydrogen) atoms. The normalized spacial score (nSPS) is 10.5. The van der Waals surface area contributed by atoms with Crippen molar-refractivity contribution in [3.05, 3.63) is 36.4 Å². The summed E-state index contributed by atoms with van der Waals surface area (Å²) in [4.78, 5) is 0. The maximum Gasteiger partial charge on any atom is 0.120 e. The fraction of sp³-hybridized carbons (Fsp3) is 0.167. The van der Waals surface area contributed by atoms with Crippen LogP contribution in [0.5, 0.6) is 11.5 Å². The van der Waals surface area contributed by atoms with Gasteiger partial charge in [-0.15, -0.1) is 0 Å². The molecule has 2 aromatic rings. The average Bonchev–Trinajstić information content (AvgIpc) is 2.25. The molecule has 0 amide bonds. The van der Waals surface area contributed by atoms with Crippen molar-refractivity contribution in [2.24, 2.45) is 0 Å². The molecule has 0 bridgehead atoms. The van der Waals surface area contributed by atoms with E-state index in [0.717, 1.165) is 10.8 Å². The van der Waals surface area contributed by atoms with Crippen LogP contribution in [-0.2, 0) is 0 Å². The van der Waals surface area contributed by atoms with Crippen molar-refractivity contribution in [1.82, 2.24) is 0 Å². The van der Waals surface area contributed by atoms with Crippen LogP contribution >= 0.6 is 0 Å². The van der Waals surface area contributed by atoms with Crippen LogP contribution in [0.4, 0.5) is 0 Å². The van der Waals surface area contributed by atoms with E-state index in [2.05, 4.69) is 0 Å². The summed E-state index contributed by atoms with van der Waals surface area (Å²) in [5.41, 5.74) is 0. The van der Waals surface area contributed by atoms with Crippen molar-refractivity contribution in [2.45, 2.75) is 0 Å². The van der Waals surface area contributed by atoms with E-state index in [1.54, 1.807) is 12.1 Å². The lowest BCUT2D eigenvalue weighted by molar-refractivity contribution is 0.201. The molecule has 2 aromatic carbocycles. The first-order valence-electron chi connectivity index (χ1n) is 4.76. The number of aromatic hydroxyl groups is 1. The zero-order chi connectivity index (χ0) is 10.7. The number of rotatable bonds is 3. The average molecular weight is 204 g/mol. The molecule has 0 aliphatic carbocycles. The molecule has 0 atom stereocenters. The van der Waals surface area contributed by atoms with Crippen molar-refractivity contribution < 1.29 is 14.9 Å². The zero-order valence-corrected chi connectivity index (χ0v) is 8.18. The first-order valence-corrected chi connectivity index (χ1v) is 4.76. The Kier molecular flexibility index (Phi) is 2.74. The number of aliphatic hydroxyl groups excluding tert-OH is 1. The first-order chi connectivity index (χ1) is 7.29. The quantitative estimate of drug-likeness (QED) is 0.803. The second-order valence-corrected chi connectivity index (χ2v) is 3.27. The van der Waals surface area contributed by atoms with Gasteiger partial charge in [0.25, 0.3) is 0 Å². The van der Waals surface area contributed by atoms with Gasteiger partial charge >= 0.3 is 0 Å². The molecule has 2 rings (SSSR count). The Morgan fingerprint density at radius 1 is 1.00 bits per heavy atom. The van der Waals surface area contributed by atoms with E-state index in [-0.39, 0.29) is 19.0 Å². The highest BCUT2D eigenvalue weighted by Gasteiger charge is 1.98. The molecule has 0 heterocycles. The Labute approximate surface area is 87.5 Å². The summed E-state index contributed by atoms with van der Waals surface area (Å²) in [7, 11) is 0. The van der Waals surface area contributed by atoms with Crippen LogP contribution < -0.4 is 4.74 Å². The van der Waals surface area contributed by atoms with Gasteiger partial charge < -0.3 is 14.9 Å². The summed E-state index contributed by atoms with van der Waals surface area (Å²) in [6.45, 7) is 0.280. The van der Waals surface area contributed by atoms with Crippen LogP contribution in [0.1, 0.15) is 0 Å². The molecule has 3 heteroatoms. The second kappa shape index (κ2) is 4.19. The Morgan fingerprint density at radius 3 is 2.60 bits per heavy atom. The number of aliphatic hydroxyl groups is 1. The molecule has 2 N–H and O–H groups in total. The highest BCUT2D eigenvalue weighted by molar-refractivity contribution is 5.85. The molecule has 0 radical (unpaired) electrons. The zero-order valence-electron chi connectivity index (χ0n) is 8.18. The Morgan fingerprint density at radius 2 is 1.80 bits per heavy atom. The third-order valence-corrected chi connectivity index (χ3v) is 2.16. The third-order valence-electron chi connectivity index (χ3n) is 2.16. The van der Waals surface area contributed by atoms with E-state index in [0.29, 0.717) is 5.75 Å². The van der Waals surface area contributed by atoms with E-state index < -0.39 is 0 Å². The maximum atomic E-state index is 9.32. The fourth-order valence-corrected chi connectivity index (χ4v) is 1.47. The Hall–Kier alpha value is -1.74. The summed E-state index contributed by atoms with van der Waals surface area (Å²) in [5, 5.41) is 19.9. The minimum Gasteiger partial charge on any atom is -0.508 e. The summed E-state index contributed by atoms with van der Waals surface area (Å²) >= 11 is 0. The Bertz CT molecular complexity index is 465. The number of fused-ring (bicyclic) bond motifs is 1. The molecule has 0 unspecified atom stereocenters. The van der Waals surface area contributed by atoms with E-state index in [4.69, 9.17) is 9.84 Å². The van der Waals surface area contributed by atoms with Gasteiger partial charge in [0.15, 0.2) is 0 Å². The van der Waals surface area contributed by atoms with Crippen molar-refractivity contribution in [3.8, 4) is 11.5 Å². The first kappa shape index (κ1) is 9.80. The number of hydrogen-bond acceptors (Lipinski definition) is 3. The van der Waals surface area contributed by atoms with Crippen molar-refractivity contribution in [1.29, 1.82) is 0 Å². The van der Waals surface area contributed by atoms with Gasteiger partial charge in [-0.05, 0) is 35.0 Å². The number of phenols is 1. The highest BCUT2D eigenvalue weighted by Crippen LogP contribution is 2.24. The molecule has 0 aromatic heterocycles. The molecule has 0 saturated carbocycles. The standard InChI is InChI=1S/C12H12O3/c13-5-6-15-12-4-2-9-1-3-11(14)7-10(9)8-12/h1-4,7-8,13-14H,5-6H2. The highest BCUT2D eigenvalue weighted by atomic mass is 16.5. The molecule has 0 aliphatic heterocycles. The van der Waals surface area contributed by atoms with Gasteiger partial charge in [0.1, 0.15) is 18.1 Å². The summed E-state index contributed by atoms with van der Waals surface area (Å²) in [6.07, 6.45) is 0. The van der Waals surface area contributed by atoms with Crippen molar-refractivity contribution in [3.63, 3.8) is 0 Å². The SMILES string of the molecule is OCCOc1ccc2ccc(O)cc2c1. The van der Waals surface area contributed by atoms with Gasteiger partial charge in [-0.2, -0.15) is 0 Å². The lowest BCUT2D eigenvalue weighted by Crippen LogP contribution is -2.01. The van der Waals surface area contributed by atoms with Crippen LogP contribution in [0.3, 0.4) is 0 Å². The van der Waals surface area contributed by atoms with Gasteiger partial charge in [0.05, 0.1) is 6.61 Å². The number of benzene rings is 2. The molecule has 0 aliphatic rings.